The summed E-state index contributed by atoms with van der Waals surface area (Å²) in [6.07, 6.45) is 1.20. The molecule has 3 aromatic rings. The molecule has 0 saturated carbocycles. The number of carbonyl (C=O) groups is 2. The topological polar surface area (TPSA) is 152 Å². The van der Waals surface area contributed by atoms with Crippen LogP contribution in [0.4, 0.5) is 0 Å². The van der Waals surface area contributed by atoms with Gasteiger partial charge in [-0.15, -0.1) is 5.10 Å². The molecule has 0 unspecified atom stereocenters. The molecule has 0 spiro atoms. The van der Waals surface area contributed by atoms with Gasteiger partial charge in [0.2, 0.25) is 0 Å². The third kappa shape index (κ3) is 4.44. The molecule has 11 heteroatoms. The van der Waals surface area contributed by atoms with Crippen LogP contribution in [-0.4, -0.2) is 36.5 Å². The highest BCUT2D eigenvalue weighted by Crippen LogP contribution is 2.18. The van der Waals surface area contributed by atoms with E-state index in [9.17, 15) is 9.59 Å². The molecule has 10 nitrogen and oxygen atoms in total. The van der Waals surface area contributed by atoms with Crippen molar-refractivity contribution in [2.24, 2.45) is 5.73 Å². The van der Waals surface area contributed by atoms with Crippen molar-refractivity contribution in [3.8, 4) is 11.9 Å². The van der Waals surface area contributed by atoms with Crippen molar-refractivity contribution in [2.45, 2.75) is 19.9 Å². The van der Waals surface area contributed by atoms with E-state index in [1.165, 1.54) is 23.1 Å². The fraction of sp³-hybridized carbons (Fsp3) is 0.167. The second kappa shape index (κ2) is 8.15. The first-order valence-corrected chi connectivity index (χ1v) is 9.15. The zero-order valence-electron chi connectivity index (χ0n) is 15.4. The quantitative estimate of drug-likeness (QED) is 0.593. The number of primary amides is 1. The van der Waals surface area contributed by atoms with E-state index >= 15 is 0 Å². The molecule has 1 atom stereocenters. The Morgan fingerprint density at radius 2 is 2.03 bits per heavy atom. The van der Waals surface area contributed by atoms with Crippen LogP contribution in [0.5, 0.6) is 0 Å². The maximum Gasteiger partial charge on any atom is 0.267 e. The average Bonchev–Trinajstić information content (AvgIpc) is 3.09. The molecule has 0 aliphatic rings. The maximum absolute atomic E-state index is 12.7. The van der Waals surface area contributed by atoms with Crippen LogP contribution in [-0.2, 0) is 0 Å². The van der Waals surface area contributed by atoms with E-state index in [1.54, 1.807) is 26.0 Å². The number of nitrogens with two attached hydrogens (primary N) is 1. The summed E-state index contributed by atoms with van der Waals surface area (Å²) in [6, 6.07) is 7.57. The van der Waals surface area contributed by atoms with Gasteiger partial charge in [0, 0.05) is 16.1 Å². The average molecular weight is 455 g/mol. The Hall–Kier alpha value is -3.65. The van der Waals surface area contributed by atoms with Gasteiger partial charge in [0.15, 0.2) is 11.6 Å². The summed E-state index contributed by atoms with van der Waals surface area (Å²) in [6.45, 7) is 3.43. The van der Waals surface area contributed by atoms with E-state index in [1.807, 2.05) is 6.07 Å². The maximum atomic E-state index is 12.7. The van der Waals surface area contributed by atoms with Crippen LogP contribution in [0.3, 0.4) is 0 Å². The SMILES string of the molecule is Cc1nc([C@H](C)NC(=O)c2cc(Br)cc(C#N)c2)n(-c2cc(C(N)=O)ncn2)n1. The zero-order valence-corrected chi connectivity index (χ0v) is 17.0. The van der Waals surface area contributed by atoms with Gasteiger partial charge in [-0.1, -0.05) is 15.9 Å². The molecule has 3 N–H and O–H groups in total. The number of nitrogens with zero attached hydrogens (tertiary/aromatic N) is 6. The lowest BCUT2D eigenvalue weighted by atomic mass is 10.1. The predicted octanol–water partition coefficient (Wildman–Crippen LogP) is 1.59. The molecule has 0 aliphatic carbocycles. The Kier molecular flexibility index (Phi) is 5.65. The molecule has 3 rings (SSSR count). The summed E-state index contributed by atoms with van der Waals surface area (Å²) < 4.78 is 2.03. The monoisotopic (exact) mass is 454 g/mol. The molecule has 2 amide bonds. The second-order valence-corrected chi connectivity index (χ2v) is 7.01. The Morgan fingerprint density at radius 3 is 2.72 bits per heavy atom. The minimum Gasteiger partial charge on any atom is -0.364 e. The van der Waals surface area contributed by atoms with Gasteiger partial charge in [0.1, 0.15) is 17.8 Å². The largest absolute Gasteiger partial charge is 0.364 e. The Morgan fingerprint density at radius 1 is 1.28 bits per heavy atom. The number of hydrogen-bond donors (Lipinski definition) is 2. The van der Waals surface area contributed by atoms with Crippen LogP contribution in [0, 0.1) is 18.3 Å². The number of benzene rings is 1. The van der Waals surface area contributed by atoms with E-state index < -0.39 is 11.9 Å². The number of nitrogens with one attached hydrogen (secondary N) is 1. The van der Waals surface area contributed by atoms with E-state index in [4.69, 9.17) is 11.0 Å². The Bertz CT molecular complexity index is 1150. The number of hydrogen-bond acceptors (Lipinski definition) is 7. The van der Waals surface area contributed by atoms with E-state index in [0.717, 1.165) is 0 Å². The van der Waals surface area contributed by atoms with Gasteiger partial charge in [-0.2, -0.15) is 9.94 Å². The Balaban J connectivity index is 1.91. The van der Waals surface area contributed by atoms with E-state index in [2.05, 4.69) is 41.3 Å². The normalized spacial score (nSPS) is 11.5. The third-order valence-electron chi connectivity index (χ3n) is 3.88. The molecule has 0 bridgehead atoms. The van der Waals surface area contributed by atoms with Crippen molar-refractivity contribution in [1.29, 1.82) is 5.26 Å². The second-order valence-electron chi connectivity index (χ2n) is 6.09. The molecule has 0 fully saturated rings. The van der Waals surface area contributed by atoms with Crippen molar-refractivity contribution in [2.75, 3.05) is 0 Å². The third-order valence-corrected chi connectivity index (χ3v) is 4.34. The number of nitriles is 1. The highest BCUT2D eigenvalue weighted by molar-refractivity contribution is 9.10. The molecule has 0 aliphatic heterocycles. The highest BCUT2D eigenvalue weighted by atomic mass is 79.9. The summed E-state index contributed by atoms with van der Waals surface area (Å²) in [5.41, 5.74) is 5.98. The summed E-state index contributed by atoms with van der Waals surface area (Å²) in [4.78, 5) is 36.3. The van der Waals surface area contributed by atoms with Crippen molar-refractivity contribution in [1.82, 2.24) is 30.0 Å². The van der Waals surface area contributed by atoms with Crippen LogP contribution in [0.25, 0.3) is 5.82 Å². The van der Waals surface area contributed by atoms with Gasteiger partial charge in [-0.3, -0.25) is 9.59 Å². The molecule has 0 radical (unpaired) electrons. The molecular weight excluding hydrogens is 440 g/mol. The Labute approximate surface area is 173 Å². The summed E-state index contributed by atoms with van der Waals surface area (Å²) in [5.74, 6) is 0.0640. The van der Waals surface area contributed by atoms with Crippen molar-refractivity contribution in [3.05, 3.63) is 63.5 Å². The van der Waals surface area contributed by atoms with Crippen molar-refractivity contribution < 1.29 is 9.59 Å². The minimum atomic E-state index is -0.698. The van der Waals surface area contributed by atoms with Gasteiger partial charge in [-0.05, 0) is 32.0 Å². The van der Waals surface area contributed by atoms with Gasteiger partial charge < -0.3 is 11.1 Å². The first-order chi connectivity index (χ1) is 13.8. The number of halogens is 1. The summed E-state index contributed by atoms with van der Waals surface area (Å²) in [7, 11) is 0. The van der Waals surface area contributed by atoms with Gasteiger partial charge in [0.05, 0.1) is 17.7 Å². The molecule has 29 heavy (non-hydrogen) atoms. The van der Waals surface area contributed by atoms with Crippen molar-refractivity contribution in [3.63, 3.8) is 0 Å². The van der Waals surface area contributed by atoms with Crippen LogP contribution in [0.2, 0.25) is 0 Å². The molecule has 0 saturated heterocycles. The number of aryl methyl sites for hydroxylation is 1. The van der Waals surface area contributed by atoms with Crippen LogP contribution in [0.15, 0.2) is 35.1 Å². The number of carbonyl (C=O) groups excluding carboxylic acids is 2. The molecule has 1 aromatic carbocycles. The van der Waals surface area contributed by atoms with Crippen LogP contribution < -0.4 is 11.1 Å². The standard InChI is InChI=1S/C18H15BrN8O2/c1-9(24-18(29)12-3-11(7-20)4-13(19)5-12)17-25-10(2)26-27(17)15-6-14(16(21)28)22-8-23-15/h3-6,8-9H,1-2H3,(H2,21,28)(H,24,29)/t9-/m0/s1. The number of rotatable bonds is 5. The highest BCUT2D eigenvalue weighted by Gasteiger charge is 2.21. The molecular formula is C18H15BrN8O2. The van der Waals surface area contributed by atoms with Gasteiger partial charge >= 0.3 is 0 Å². The van der Waals surface area contributed by atoms with Gasteiger partial charge in [-0.25, -0.2) is 15.0 Å². The first kappa shape index (κ1) is 20.1. The van der Waals surface area contributed by atoms with Crippen LogP contribution >= 0.6 is 15.9 Å². The predicted molar refractivity (Wildman–Crippen MR) is 105 cm³/mol. The molecule has 146 valence electrons. The minimum absolute atomic E-state index is 0.0314. The lowest BCUT2D eigenvalue weighted by molar-refractivity contribution is 0.0936. The number of amides is 2. The van der Waals surface area contributed by atoms with E-state index in [0.29, 0.717) is 33.1 Å². The molecule has 2 heterocycles. The van der Waals surface area contributed by atoms with Crippen LogP contribution in [0.1, 0.15) is 51.0 Å². The fourth-order valence-electron chi connectivity index (χ4n) is 2.61. The smallest absolute Gasteiger partial charge is 0.267 e. The fourth-order valence-corrected chi connectivity index (χ4v) is 3.10. The lowest BCUT2D eigenvalue weighted by Gasteiger charge is -2.14. The first-order valence-electron chi connectivity index (χ1n) is 8.36. The number of aromatic nitrogens is 5. The summed E-state index contributed by atoms with van der Waals surface area (Å²) in [5, 5.41) is 16.2. The summed E-state index contributed by atoms with van der Waals surface area (Å²) >= 11 is 3.29. The van der Waals surface area contributed by atoms with Gasteiger partial charge in [0.25, 0.3) is 11.8 Å². The van der Waals surface area contributed by atoms with Crippen molar-refractivity contribution >= 4 is 27.7 Å². The van der Waals surface area contributed by atoms with E-state index in [-0.39, 0.29) is 11.6 Å². The molecule has 2 aromatic heterocycles. The lowest BCUT2D eigenvalue weighted by Crippen LogP contribution is -2.29. The zero-order chi connectivity index (χ0) is 21.1.